The van der Waals surface area contributed by atoms with E-state index < -0.39 is 6.10 Å². The first-order chi connectivity index (χ1) is 9.27. The molecule has 0 saturated heterocycles. The molecule has 19 heavy (non-hydrogen) atoms. The number of hydrogen-bond acceptors (Lipinski definition) is 2. The Bertz CT molecular complexity index is 534. The fourth-order valence-corrected chi connectivity index (χ4v) is 2.23. The normalized spacial score (nSPS) is 13.6. The first-order valence-corrected chi connectivity index (χ1v) is 6.26. The van der Waals surface area contributed by atoms with E-state index in [0.717, 1.165) is 11.1 Å². The minimum atomic E-state index is -0.670. The smallest absolute Gasteiger partial charge is 0.124 e. The largest absolute Gasteiger partial charge is 0.496 e. The van der Waals surface area contributed by atoms with Crippen molar-refractivity contribution in [1.82, 2.24) is 0 Å². The van der Waals surface area contributed by atoms with E-state index >= 15 is 0 Å². The van der Waals surface area contributed by atoms with Crippen LogP contribution in [-0.2, 0) is 0 Å². The summed E-state index contributed by atoms with van der Waals surface area (Å²) in [5.74, 6) is 0.537. The van der Waals surface area contributed by atoms with E-state index in [1.165, 1.54) is 0 Å². The van der Waals surface area contributed by atoms with Crippen molar-refractivity contribution >= 4 is 0 Å². The predicted molar refractivity (Wildman–Crippen MR) is 77.3 cm³/mol. The zero-order chi connectivity index (χ0) is 13.7. The summed E-state index contributed by atoms with van der Waals surface area (Å²) in [7, 11) is 1.61. The second kappa shape index (κ2) is 6.21. The van der Waals surface area contributed by atoms with Gasteiger partial charge in [-0.2, -0.15) is 0 Å². The maximum atomic E-state index is 10.6. The highest BCUT2D eigenvalue weighted by molar-refractivity contribution is 5.38. The molecule has 0 heterocycles. The molecule has 0 aliphatic rings. The van der Waals surface area contributed by atoms with E-state index in [1.54, 1.807) is 13.2 Å². The van der Waals surface area contributed by atoms with Gasteiger partial charge in [-0.1, -0.05) is 54.6 Å². The van der Waals surface area contributed by atoms with E-state index in [1.807, 2.05) is 54.6 Å². The Morgan fingerprint density at radius 3 is 2.32 bits per heavy atom. The molecule has 0 radical (unpaired) electrons. The van der Waals surface area contributed by atoms with Crippen LogP contribution in [0.15, 0.2) is 67.3 Å². The summed E-state index contributed by atoms with van der Waals surface area (Å²) in [6, 6.07) is 17.4. The standard InChI is InChI=1S/C17H18O2/c1-3-14(13-9-5-4-6-10-13)17(18)15-11-7-8-12-16(15)19-2/h3-12,14,17-18H,1H2,2H3/t14-,17-/m0/s1. The minimum absolute atomic E-state index is 0.155. The summed E-state index contributed by atoms with van der Waals surface area (Å²) >= 11 is 0. The predicted octanol–water partition coefficient (Wildman–Crippen LogP) is 3.70. The third kappa shape index (κ3) is 2.85. The van der Waals surface area contributed by atoms with Crippen molar-refractivity contribution < 1.29 is 9.84 Å². The van der Waals surface area contributed by atoms with Crippen molar-refractivity contribution in [3.8, 4) is 5.75 Å². The Hall–Kier alpha value is -2.06. The van der Waals surface area contributed by atoms with Crippen LogP contribution in [0.3, 0.4) is 0 Å². The first kappa shape index (κ1) is 13.4. The molecule has 98 valence electrons. The summed E-state index contributed by atoms with van der Waals surface area (Å²) in [6.45, 7) is 3.84. The zero-order valence-corrected chi connectivity index (χ0v) is 11.0. The van der Waals surface area contributed by atoms with Crippen molar-refractivity contribution in [2.75, 3.05) is 7.11 Å². The maximum absolute atomic E-state index is 10.6. The SMILES string of the molecule is C=C[C@@H](c1ccccc1)[C@H](O)c1ccccc1OC. The molecule has 0 fully saturated rings. The number of ether oxygens (including phenoxy) is 1. The molecule has 0 amide bonds. The number of hydrogen-bond donors (Lipinski definition) is 1. The molecular formula is C17H18O2. The fraction of sp³-hybridized carbons (Fsp3) is 0.176. The molecule has 2 aromatic carbocycles. The van der Waals surface area contributed by atoms with E-state index in [0.29, 0.717) is 5.75 Å². The van der Waals surface area contributed by atoms with Gasteiger partial charge in [0, 0.05) is 11.5 Å². The molecule has 0 spiro atoms. The second-order valence-corrected chi connectivity index (χ2v) is 4.36. The lowest BCUT2D eigenvalue weighted by Crippen LogP contribution is -2.10. The summed E-state index contributed by atoms with van der Waals surface area (Å²) in [5.41, 5.74) is 1.81. The third-order valence-electron chi connectivity index (χ3n) is 3.24. The van der Waals surface area contributed by atoms with Gasteiger partial charge >= 0.3 is 0 Å². The Morgan fingerprint density at radius 2 is 1.68 bits per heavy atom. The molecule has 0 saturated carbocycles. The van der Waals surface area contributed by atoms with Crippen molar-refractivity contribution in [2.45, 2.75) is 12.0 Å². The molecule has 0 aromatic heterocycles. The minimum Gasteiger partial charge on any atom is -0.496 e. The molecule has 2 atom stereocenters. The number of benzene rings is 2. The number of rotatable bonds is 5. The van der Waals surface area contributed by atoms with Crippen molar-refractivity contribution in [1.29, 1.82) is 0 Å². The number of para-hydroxylation sites is 1. The molecule has 2 heteroatoms. The Kier molecular flexibility index (Phi) is 4.37. The lowest BCUT2D eigenvalue weighted by atomic mass is 9.89. The fourth-order valence-electron chi connectivity index (χ4n) is 2.23. The Balaban J connectivity index is 2.36. The Morgan fingerprint density at radius 1 is 1.05 bits per heavy atom. The van der Waals surface area contributed by atoms with Crippen molar-refractivity contribution in [2.24, 2.45) is 0 Å². The van der Waals surface area contributed by atoms with Crippen LogP contribution >= 0.6 is 0 Å². The Labute approximate surface area is 114 Å². The van der Waals surface area contributed by atoms with Gasteiger partial charge in [0.05, 0.1) is 13.2 Å². The highest BCUT2D eigenvalue weighted by Crippen LogP contribution is 2.36. The summed E-state index contributed by atoms with van der Waals surface area (Å²) in [6.07, 6.45) is 1.10. The van der Waals surface area contributed by atoms with Gasteiger partial charge < -0.3 is 9.84 Å². The molecule has 2 rings (SSSR count). The number of aliphatic hydroxyl groups excluding tert-OH is 1. The van der Waals surface area contributed by atoms with Gasteiger partial charge in [0.1, 0.15) is 5.75 Å². The summed E-state index contributed by atoms with van der Waals surface area (Å²) in [5, 5.41) is 10.6. The number of aliphatic hydroxyl groups is 1. The van der Waals surface area contributed by atoms with E-state index in [2.05, 4.69) is 6.58 Å². The van der Waals surface area contributed by atoms with Crippen LogP contribution in [0.1, 0.15) is 23.1 Å². The maximum Gasteiger partial charge on any atom is 0.124 e. The average molecular weight is 254 g/mol. The van der Waals surface area contributed by atoms with Gasteiger partial charge in [-0.05, 0) is 11.6 Å². The molecule has 2 aromatic rings. The highest BCUT2D eigenvalue weighted by Gasteiger charge is 2.22. The van der Waals surface area contributed by atoms with Crippen molar-refractivity contribution in [3.63, 3.8) is 0 Å². The lowest BCUT2D eigenvalue weighted by molar-refractivity contribution is 0.158. The van der Waals surface area contributed by atoms with Crippen LogP contribution in [0.4, 0.5) is 0 Å². The van der Waals surface area contributed by atoms with E-state index in [9.17, 15) is 5.11 Å². The van der Waals surface area contributed by atoms with Gasteiger partial charge in [-0.15, -0.1) is 6.58 Å². The molecule has 2 nitrogen and oxygen atoms in total. The second-order valence-electron chi connectivity index (χ2n) is 4.36. The van der Waals surface area contributed by atoms with Gasteiger partial charge in [0.25, 0.3) is 0 Å². The van der Waals surface area contributed by atoms with Crippen LogP contribution in [0.2, 0.25) is 0 Å². The average Bonchev–Trinajstić information content (AvgIpc) is 2.49. The van der Waals surface area contributed by atoms with Crippen molar-refractivity contribution in [3.05, 3.63) is 78.4 Å². The third-order valence-corrected chi connectivity index (χ3v) is 3.24. The molecule has 1 N–H and O–H groups in total. The van der Waals surface area contributed by atoms with Crippen LogP contribution < -0.4 is 4.74 Å². The van der Waals surface area contributed by atoms with E-state index in [4.69, 9.17) is 4.74 Å². The molecule has 0 bridgehead atoms. The van der Waals surface area contributed by atoms with Gasteiger partial charge in [0.15, 0.2) is 0 Å². The quantitative estimate of drug-likeness (QED) is 0.824. The highest BCUT2D eigenvalue weighted by atomic mass is 16.5. The lowest BCUT2D eigenvalue weighted by Gasteiger charge is -2.22. The van der Waals surface area contributed by atoms with Gasteiger partial charge in [-0.25, -0.2) is 0 Å². The van der Waals surface area contributed by atoms with Gasteiger partial charge in [-0.3, -0.25) is 0 Å². The van der Waals surface area contributed by atoms with Gasteiger partial charge in [0.2, 0.25) is 0 Å². The molecule has 0 aliphatic carbocycles. The van der Waals surface area contributed by atoms with E-state index in [-0.39, 0.29) is 5.92 Å². The topological polar surface area (TPSA) is 29.5 Å². The van der Waals surface area contributed by atoms with Crippen LogP contribution in [0.5, 0.6) is 5.75 Å². The summed E-state index contributed by atoms with van der Waals surface area (Å²) < 4.78 is 5.30. The van der Waals surface area contributed by atoms with Crippen LogP contribution in [0, 0.1) is 0 Å². The summed E-state index contributed by atoms with van der Waals surface area (Å²) in [4.78, 5) is 0. The van der Waals surface area contributed by atoms with Crippen LogP contribution in [-0.4, -0.2) is 12.2 Å². The van der Waals surface area contributed by atoms with Crippen LogP contribution in [0.25, 0.3) is 0 Å². The monoisotopic (exact) mass is 254 g/mol. The number of methoxy groups -OCH3 is 1. The molecule has 0 unspecified atom stereocenters. The molecular weight excluding hydrogens is 236 g/mol. The zero-order valence-electron chi connectivity index (χ0n) is 11.0. The first-order valence-electron chi connectivity index (χ1n) is 6.26. The molecule has 0 aliphatic heterocycles.